The van der Waals surface area contributed by atoms with E-state index < -0.39 is 11.9 Å². The first-order chi connectivity index (χ1) is 8.58. The minimum Gasteiger partial charge on any atom is -0.494 e. The van der Waals surface area contributed by atoms with Gasteiger partial charge >= 0.3 is 5.97 Å². The Labute approximate surface area is 104 Å². The number of aromatic hydroxyl groups is 2. The average molecular weight is 247 g/mol. The highest BCUT2D eigenvalue weighted by molar-refractivity contribution is 5.80. The number of carbonyl (C=O) groups is 1. The number of aromatic amines is 1. The van der Waals surface area contributed by atoms with Crippen molar-refractivity contribution < 1.29 is 19.7 Å². The van der Waals surface area contributed by atoms with Gasteiger partial charge < -0.3 is 14.9 Å². The van der Waals surface area contributed by atoms with Gasteiger partial charge in [-0.3, -0.25) is 9.78 Å². The molecule has 1 aromatic heterocycles. The van der Waals surface area contributed by atoms with E-state index in [1.807, 2.05) is 30.3 Å². The van der Waals surface area contributed by atoms with Crippen LogP contribution in [0.15, 0.2) is 36.4 Å². The van der Waals surface area contributed by atoms with Crippen LogP contribution in [0, 0.1) is 0 Å². The summed E-state index contributed by atoms with van der Waals surface area (Å²) in [6, 6.07) is 10.3. The van der Waals surface area contributed by atoms with Crippen LogP contribution >= 0.6 is 0 Å². The Balaban J connectivity index is 2.11. The molecule has 0 bridgehead atoms. The molecule has 0 amide bonds. The van der Waals surface area contributed by atoms with Crippen molar-refractivity contribution in [2.45, 2.75) is 12.8 Å². The topological polar surface area (TPSA) is 82.5 Å². The standard InChI is InChI=1S/C13H13NO4/c1-8(9-5-3-2-4-6-9)13(17)18-10-7-11(15)14-12(10)16/h2-8,14-16H,1H3. The largest absolute Gasteiger partial charge is 0.494 e. The van der Waals surface area contributed by atoms with E-state index in [2.05, 4.69) is 4.98 Å². The van der Waals surface area contributed by atoms with E-state index in [0.717, 1.165) is 11.6 Å². The van der Waals surface area contributed by atoms with Gasteiger partial charge in [-0.2, -0.15) is 0 Å². The molecule has 0 aliphatic carbocycles. The molecule has 3 N–H and O–H groups in total. The number of rotatable bonds is 3. The number of H-pyrrole nitrogens is 1. The number of carbonyl (C=O) groups excluding carboxylic acids is 1. The summed E-state index contributed by atoms with van der Waals surface area (Å²) in [6.07, 6.45) is 0. The Morgan fingerprint density at radius 3 is 2.50 bits per heavy atom. The zero-order chi connectivity index (χ0) is 13.1. The number of nitrogens with one attached hydrogen (secondary N) is 1. The van der Waals surface area contributed by atoms with Gasteiger partial charge in [-0.05, 0) is 12.5 Å². The molecule has 0 spiro atoms. The summed E-state index contributed by atoms with van der Waals surface area (Å²) in [4.78, 5) is 14.1. The first-order valence-electron chi connectivity index (χ1n) is 5.45. The molecule has 1 heterocycles. The second-order valence-corrected chi connectivity index (χ2v) is 3.92. The van der Waals surface area contributed by atoms with E-state index in [4.69, 9.17) is 9.84 Å². The van der Waals surface area contributed by atoms with Gasteiger partial charge in [0.15, 0.2) is 11.6 Å². The Morgan fingerprint density at radius 2 is 1.94 bits per heavy atom. The number of ether oxygens (including phenoxy) is 1. The number of benzene rings is 1. The molecule has 1 aromatic carbocycles. The first kappa shape index (κ1) is 12.0. The summed E-state index contributed by atoms with van der Waals surface area (Å²) in [5, 5.41) is 18.4. The lowest BCUT2D eigenvalue weighted by molar-refractivity contribution is -0.135. The zero-order valence-electron chi connectivity index (χ0n) is 9.75. The second-order valence-electron chi connectivity index (χ2n) is 3.92. The van der Waals surface area contributed by atoms with Crippen molar-refractivity contribution in [1.82, 2.24) is 4.98 Å². The summed E-state index contributed by atoms with van der Waals surface area (Å²) >= 11 is 0. The molecule has 5 heteroatoms. The van der Waals surface area contributed by atoms with Gasteiger partial charge in [0.25, 0.3) is 0 Å². The van der Waals surface area contributed by atoms with Crippen LogP contribution in [0.1, 0.15) is 18.4 Å². The number of hydrogen-bond acceptors (Lipinski definition) is 4. The lowest BCUT2D eigenvalue weighted by Gasteiger charge is -2.10. The summed E-state index contributed by atoms with van der Waals surface area (Å²) in [5.41, 5.74) is 0.821. The van der Waals surface area contributed by atoms with Crippen molar-refractivity contribution in [2.24, 2.45) is 0 Å². The quantitative estimate of drug-likeness (QED) is 0.725. The monoisotopic (exact) mass is 247 g/mol. The summed E-state index contributed by atoms with van der Waals surface area (Å²) in [7, 11) is 0. The second kappa shape index (κ2) is 4.83. The van der Waals surface area contributed by atoms with Gasteiger partial charge in [-0.15, -0.1) is 0 Å². The van der Waals surface area contributed by atoms with Crippen LogP contribution in [0.2, 0.25) is 0 Å². The molecular formula is C13H13NO4. The van der Waals surface area contributed by atoms with Gasteiger partial charge in [0, 0.05) is 6.07 Å². The van der Waals surface area contributed by atoms with E-state index >= 15 is 0 Å². The summed E-state index contributed by atoms with van der Waals surface area (Å²) in [6.45, 7) is 1.71. The van der Waals surface area contributed by atoms with Gasteiger partial charge in [0.2, 0.25) is 5.88 Å². The van der Waals surface area contributed by atoms with Crippen molar-refractivity contribution >= 4 is 5.97 Å². The van der Waals surface area contributed by atoms with Crippen LogP contribution in [0.4, 0.5) is 0 Å². The zero-order valence-corrected chi connectivity index (χ0v) is 9.75. The third kappa shape index (κ3) is 2.45. The lowest BCUT2D eigenvalue weighted by Crippen LogP contribution is -2.15. The first-order valence-corrected chi connectivity index (χ1v) is 5.45. The van der Waals surface area contributed by atoms with E-state index in [9.17, 15) is 9.90 Å². The van der Waals surface area contributed by atoms with Crippen molar-refractivity contribution in [1.29, 1.82) is 0 Å². The van der Waals surface area contributed by atoms with Crippen LogP contribution in [-0.2, 0) is 4.79 Å². The molecule has 2 aromatic rings. The molecule has 0 saturated heterocycles. The molecule has 0 aliphatic heterocycles. The maximum absolute atomic E-state index is 11.8. The molecule has 0 aliphatic rings. The Hall–Kier alpha value is -2.43. The Bertz CT molecular complexity index is 547. The van der Waals surface area contributed by atoms with Gasteiger partial charge in [-0.25, -0.2) is 0 Å². The highest BCUT2D eigenvalue weighted by atomic mass is 16.5. The Kier molecular flexibility index (Phi) is 3.23. The maximum Gasteiger partial charge on any atom is 0.318 e. The van der Waals surface area contributed by atoms with Crippen molar-refractivity contribution in [3.05, 3.63) is 42.0 Å². The highest BCUT2D eigenvalue weighted by Crippen LogP contribution is 2.30. The number of esters is 1. The van der Waals surface area contributed by atoms with E-state index in [1.54, 1.807) is 6.92 Å². The minimum atomic E-state index is -0.504. The molecule has 0 radical (unpaired) electrons. The molecule has 94 valence electrons. The molecule has 1 atom stereocenters. The fourth-order valence-electron chi connectivity index (χ4n) is 1.56. The van der Waals surface area contributed by atoms with Crippen molar-refractivity contribution in [3.63, 3.8) is 0 Å². The number of hydrogen-bond donors (Lipinski definition) is 3. The molecular weight excluding hydrogens is 234 g/mol. The summed E-state index contributed by atoms with van der Waals surface area (Å²) < 4.78 is 5.00. The summed E-state index contributed by atoms with van der Waals surface area (Å²) in [5.74, 6) is -1.68. The average Bonchev–Trinajstić information content (AvgIpc) is 2.68. The molecule has 0 saturated carbocycles. The van der Waals surface area contributed by atoms with Gasteiger partial charge in [0.1, 0.15) is 0 Å². The fraction of sp³-hybridized carbons (Fsp3) is 0.154. The smallest absolute Gasteiger partial charge is 0.318 e. The highest BCUT2D eigenvalue weighted by Gasteiger charge is 2.19. The van der Waals surface area contributed by atoms with E-state index in [1.165, 1.54) is 0 Å². The minimum absolute atomic E-state index is 0.0831. The maximum atomic E-state index is 11.8. The SMILES string of the molecule is CC(C(=O)Oc1cc(O)[nH]c1O)c1ccccc1. The van der Waals surface area contributed by atoms with E-state index in [0.29, 0.717) is 0 Å². The van der Waals surface area contributed by atoms with Crippen molar-refractivity contribution in [3.8, 4) is 17.5 Å². The molecule has 5 nitrogen and oxygen atoms in total. The predicted octanol–water partition coefficient (Wildman–Crippen LogP) is 2.13. The van der Waals surface area contributed by atoms with E-state index in [-0.39, 0.29) is 17.5 Å². The van der Waals surface area contributed by atoms with Crippen LogP contribution in [0.25, 0.3) is 0 Å². The number of aromatic nitrogens is 1. The lowest BCUT2D eigenvalue weighted by atomic mass is 10.0. The van der Waals surface area contributed by atoms with Crippen LogP contribution < -0.4 is 4.74 Å². The van der Waals surface area contributed by atoms with Gasteiger partial charge in [0.05, 0.1) is 5.92 Å². The molecule has 1 unspecified atom stereocenters. The molecule has 2 rings (SSSR count). The molecule has 18 heavy (non-hydrogen) atoms. The third-order valence-corrected chi connectivity index (χ3v) is 2.61. The van der Waals surface area contributed by atoms with Gasteiger partial charge in [-0.1, -0.05) is 30.3 Å². The predicted molar refractivity (Wildman–Crippen MR) is 64.6 cm³/mol. The normalized spacial score (nSPS) is 12.1. The van der Waals surface area contributed by atoms with Crippen LogP contribution in [0.3, 0.4) is 0 Å². The molecule has 0 fully saturated rings. The van der Waals surface area contributed by atoms with Crippen molar-refractivity contribution in [2.75, 3.05) is 0 Å². The fourth-order valence-corrected chi connectivity index (χ4v) is 1.56. The Morgan fingerprint density at radius 1 is 1.28 bits per heavy atom. The third-order valence-electron chi connectivity index (χ3n) is 2.61. The van der Waals surface area contributed by atoms with Crippen LogP contribution in [0.5, 0.6) is 17.5 Å². The van der Waals surface area contributed by atoms with Crippen LogP contribution in [-0.4, -0.2) is 21.2 Å².